The molecule has 120 valence electrons. The molecule has 3 nitrogen and oxygen atoms in total. The van der Waals surface area contributed by atoms with Crippen LogP contribution in [0.15, 0.2) is 0 Å². The van der Waals surface area contributed by atoms with Gasteiger partial charge in [0.1, 0.15) is 0 Å². The Bertz CT molecular complexity index is 395. The number of nitrogens with zero attached hydrogens (tertiary/aromatic N) is 3. The van der Waals surface area contributed by atoms with Crippen molar-refractivity contribution >= 4 is 0 Å². The second kappa shape index (κ2) is 7.39. The second-order valence-electron chi connectivity index (χ2n) is 7.02. The highest BCUT2D eigenvalue weighted by atomic mass is 15.1. The Hall–Kier alpha value is -0.900. The van der Waals surface area contributed by atoms with Crippen molar-refractivity contribution in [3.63, 3.8) is 0 Å². The Morgan fingerprint density at radius 1 is 0.476 bits per heavy atom. The van der Waals surface area contributed by atoms with Gasteiger partial charge in [-0.25, -0.2) is 0 Å². The minimum Gasteiger partial charge on any atom is -0.305 e. The van der Waals surface area contributed by atoms with Crippen molar-refractivity contribution in [1.29, 1.82) is 0 Å². The van der Waals surface area contributed by atoms with Gasteiger partial charge in [0.25, 0.3) is 0 Å². The van der Waals surface area contributed by atoms with E-state index < -0.39 is 0 Å². The van der Waals surface area contributed by atoms with Crippen LogP contribution in [0.5, 0.6) is 0 Å². The van der Waals surface area contributed by atoms with Crippen LogP contribution in [0.3, 0.4) is 0 Å². The molecule has 21 heavy (non-hydrogen) atoms. The Kier molecular flexibility index (Phi) is 6.39. The van der Waals surface area contributed by atoms with Crippen molar-refractivity contribution in [2.45, 2.75) is 40.4 Å². The SMILES string of the molecule is Cc1c(CN(C)C)c(C)c(CN(C)C)c(C)c1CN(C)C. The number of hydrogen-bond donors (Lipinski definition) is 0. The first-order chi connectivity index (χ1) is 9.65. The highest BCUT2D eigenvalue weighted by Gasteiger charge is 2.18. The van der Waals surface area contributed by atoms with Gasteiger partial charge >= 0.3 is 0 Å². The molecule has 0 radical (unpaired) electrons. The van der Waals surface area contributed by atoms with Crippen LogP contribution in [0, 0.1) is 20.8 Å². The summed E-state index contributed by atoms with van der Waals surface area (Å²) in [5, 5.41) is 0. The van der Waals surface area contributed by atoms with E-state index in [2.05, 4.69) is 77.8 Å². The number of rotatable bonds is 6. The molecule has 3 heteroatoms. The predicted octanol–water partition coefficient (Wildman–Crippen LogP) is 2.80. The summed E-state index contributed by atoms with van der Waals surface area (Å²) in [7, 11) is 12.9. The van der Waals surface area contributed by atoms with Gasteiger partial charge in [-0.1, -0.05) is 0 Å². The lowest BCUT2D eigenvalue weighted by molar-refractivity contribution is 0.384. The van der Waals surface area contributed by atoms with E-state index in [0.29, 0.717) is 0 Å². The summed E-state index contributed by atoms with van der Waals surface area (Å²) in [5.74, 6) is 0. The van der Waals surface area contributed by atoms with E-state index in [1.165, 1.54) is 33.4 Å². The first kappa shape index (κ1) is 18.1. The highest BCUT2D eigenvalue weighted by molar-refractivity contribution is 5.50. The molecular weight excluding hydrogens is 258 g/mol. The van der Waals surface area contributed by atoms with Crippen LogP contribution >= 0.6 is 0 Å². The summed E-state index contributed by atoms with van der Waals surface area (Å²) in [6.07, 6.45) is 0. The summed E-state index contributed by atoms with van der Waals surface area (Å²) in [6, 6.07) is 0. The van der Waals surface area contributed by atoms with Crippen LogP contribution in [-0.2, 0) is 19.6 Å². The van der Waals surface area contributed by atoms with Crippen molar-refractivity contribution in [2.24, 2.45) is 0 Å². The standard InChI is InChI=1S/C18H33N3/c1-13-16(10-19(4)5)14(2)18(12-21(8)9)15(3)17(13)11-20(6)7/h10-12H2,1-9H3. The van der Waals surface area contributed by atoms with Crippen molar-refractivity contribution in [3.05, 3.63) is 33.4 Å². The van der Waals surface area contributed by atoms with E-state index in [4.69, 9.17) is 0 Å². The molecule has 0 saturated carbocycles. The maximum atomic E-state index is 2.29. The highest BCUT2D eigenvalue weighted by Crippen LogP contribution is 2.29. The van der Waals surface area contributed by atoms with E-state index >= 15 is 0 Å². The van der Waals surface area contributed by atoms with E-state index in [0.717, 1.165) is 19.6 Å². The first-order valence-electron chi connectivity index (χ1n) is 7.69. The largest absolute Gasteiger partial charge is 0.305 e. The van der Waals surface area contributed by atoms with Crippen LogP contribution < -0.4 is 0 Å². The minimum absolute atomic E-state index is 1.01. The molecule has 0 saturated heterocycles. The summed E-state index contributed by atoms with van der Waals surface area (Å²) in [5.41, 5.74) is 8.90. The maximum absolute atomic E-state index is 2.29. The molecule has 0 amide bonds. The molecule has 0 aromatic heterocycles. The zero-order valence-electron chi connectivity index (χ0n) is 15.5. The van der Waals surface area contributed by atoms with Gasteiger partial charge in [0.2, 0.25) is 0 Å². The summed E-state index contributed by atoms with van der Waals surface area (Å²) >= 11 is 0. The van der Waals surface area contributed by atoms with Gasteiger partial charge in [0.05, 0.1) is 0 Å². The van der Waals surface area contributed by atoms with Crippen LogP contribution in [0.1, 0.15) is 33.4 Å². The van der Waals surface area contributed by atoms with Crippen molar-refractivity contribution in [1.82, 2.24) is 14.7 Å². The topological polar surface area (TPSA) is 9.72 Å². The molecule has 0 aliphatic rings. The van der Waals surface area contributed by atoms with Crippen molar-refractivity contribution in [3.8, 4) is 0 Å². The lowest BCUT2D eigenvalue weighted by atomic mass is 9.87. The third-order valence-electron chi connectivity index (χ3n) is 4.14. The molecule has 1 aromatic rings. The smallest absolute Gasteiger partial charge is 0.0233 e. The van der Waals surface area contributed by atoms with Gasteiger partial charge in [-0.05, 0) is 96.4 Å². The molecule has 0 heterocycles. The van der Waals surface area contributed by atoms with Crippen LogP contribution in [0.4, 0.5) is 0 Å². The lowest BCUT2D eigenvalue weighted by Gasteiger charge is -2.26. The number of benzene rings is 1. The lowest BCUT2D eigenvalue weighted by Crippen LogP contribution is -2.21. The fraction of sp³-hybridized carbons (Fsp3) is 0.667. The Labute approximate surface area is 131 Å². The van der Waals surface area contributed by atoms with Gasteiger partial charge in [-0.15, -0.1) is 0 Å². The van der Waals surface area contributed by atoms with Gasteiger partial charge in [-0.3, -0.25) is 0 Å². The molecule has 1 aromatic carbocycles. The molecule has 0 spiro atoms. The minimum atomic E-state index is 1.01. The van der Waals surface area contributed by atoms with Crippen LogP contribution in [-0.4, -0.2) is 57.0 Å². The first-order valence-corrected chi connectivity index (χ1v) is 7.69. The second-order valence-corrected chi connectivity index (χ2v) is 7.02. The average Bonchev–Trinajstić information content (AvgIpc) is 2.35. The maximum Gasteiger partial charge on any atom is 0.0233 e. The molecule has 0 fully saturated rings. The summed E-state index contributed by atoms with van der Waals surface area (Å²) < 4.78 is 0. The zero-order chi connectivity index (χ0) is 16.3. The molecule has 0 bridgehead atoms. The van der Waals surface area contributed by atoms with Crippen molar-refractivity contribution < 1.29 is 0 Å². The Morgan fingerprint density at radius 3 is 0.810 bits per heavy atom. The van der Waals surface area contributed by atoms with Gasteiger partial charge in [-0.2, -0.15) is 0 Å². The monoisotopic (exact) mass is 291 g/mol. The van der Waals surface area contributed by atoms with E-state index in [9.17, 15) is 0 Å². The summed E-state index contributed by atoms with van der Waals surface area (Å²) in [6.45, 7) is 9.90. The number of hydrogen-bond acceptors (Lipinski definition) is 3. The van der Waals surface area contributed by atoms with E-state index in [1.54, 1.807) is 0 Å². The molecule has 1 rings (SSSR count). The van der Waals surface area contributed by atoms with E-state index in [1.807, 2.05) is 0 Å². The molecular formula is C18H33N3. The van der Waals surface area contributed by atoms with Crippen LogP contribution in [0.25, 0.3) is 0 Å². The Balaban J connectivity index is 3.49. The Morgan fingerprint density at radius 2 is 0.667 bits per heavy atom. The molecule has 0 N–H and O–H groups in total. The normalized spacial score (nSPS) is 12.0. The molecule has 0 aliphatic heterocycles. The molecule has 0 atom stereocenters. The predicted molar refractivity (Wildman–Crippen MR) is 92.8 cm³/mol. The molecule has 0 unspecified atom stereocenters. The zero-order valence-corrected chi connectivity index (χ0v) is 15.5. The van der Waals surface area contributed by atoms with Gasteiger partial charge in [0, 0.05) is 19.6 Å². The third-order valence-corrected chi connectivity index (χ3v) is 4.14. The van der Waals surface area contributed by atoms with Gasteiger partial charge in [0.15, 0.2) is 0 Å². The van der Waals surface area contributed by atoms with Crippen LogP contribution in [0.2, 0.25) is 0 Å². The fourth-order valence-electron chi connectivity index (χ4n) is 3.05. The average molecular weight is 291 g/mol. The summed E-state index contributed by atoms with van der Waals surface area (Å²) in [4.78, 5) is 6.80. The third kappa shape index (κ3) is 4.53. The van der Waals surface area contributed by atoms with E-state index in [-0.39, 0.29) is 0 Å². The molecule has 0 aliphatic carbocycles. The fourth-order valence-corrected chi connectivity index (χ4v) is 3.05. The van der Waals surface area contributed by atoms with Gasteiger partial charge < -0.3 is 14.7 Å². The quantitative estimate of drug-likeness (QED) is 0.798. The van der Waals surface area contributed by atoms with Crippen molar-refractivity contribution in [2.75, 3.05) is 42.3 Å².